The summed E-state index contributed by atoms with van der Waals surface area (Å²) in [6.45, 7) is 2.11. The average Bonchev–Trinajstić information content (AvgIpc) is 2.75. The third kappa shape index (κ3) is 3.22. The van der Waals surface area contributed by atoms with Gasteiger partial charge in [0.05, 0.1) is 5.56 Å². The molecule has 21 heavy (non-hydrogen) atoms. The van der Waals surface area contributed by atoms with E-state index in [1.807, 2.05) is 18.2 Å². The first kappa shape index (κ1) is 14.6. The Labute approximate surface area is 122 Å². The maximum atomic E-state index is 11.6. The minimum absolute atomic E-state index is 0.222. The van der Waals surface area contributed by atoms with Gasteiger partial charge in [0.25, 0.3) is 5.91 Å². The predicted molar refractivity (Wildman–Crippen MR) is 84.0 cm³/mol. The van der Waals surface area contributed by atoms with Gasteiger partial charge in [0.1, 0.15) is 5.82 Å². The number of allylic oxidation sites excluding steroid dienone is 1. The number of anilines is 1. The fourth-order valence-corrected chi connectivity index (χ4v) is 2.18. The minimum Gasteiger partial charge on any atom is -0.365 e. The molecule has 0 saturated heterocycles. The van der Waals surface area contributed by atoms with Gasteiger partial charge in [-0.1, -0.05) is 37.6 Å². The van der Waals surface area contributed by atoms with Crippen molar-refractivity contribution < 1.29 is 9.59 Å². The molecule has 1 aromatic heterocycles. The lowest BCUT2D eigenvalue weighted by Gasteiger charge is -2.00. The Morgan fingerprint density at radius 1 is 1.33 bits per heavy atom. The van der Waals surface area contributed by atoms with Crippen LogP contribution >= 0.6 is 0 Å². The van der Waals surface area contributed by atoms with E-state index in [9.17, 15) is 9.59 Å². The Balaban J connectivity index is 2.48. The number of rotatable bonds is 5. The molecule has 0 aliphatic carbocycles. The number of hydrogen-bond donors (Lipinski definition) is 4. The number of aromatic nitrogens is 1. The smallest absolute Gasteiger partial charge is 0.317 e. The highest BCUT2D eigenvalue weighted by molar-refractivity contribution is 6.13. The monoisotopic (exact) mass is 286 g/mol. The number of benzene rings is 1. The van der Waals surface area contributed by atoms with Crippen molar-refractivity contribution in [2.24, 2.45) is 11.5 Å². The number of nitrogens with two attached hydrogens (primary N) is 2. The van der Waals surface area contributed by atoms with Gasteiger partial charge in [-0.2, -0.15) is 0 Å². The Kier molecular flexibility index (Phi) is 4.27. The van der Waals surface area contributed by atoms with Gasteiger partial charge in [-0.3, -0.25) is 10.1 Å². The summed E-state index contributed by atoms with van der Waals surface area (Å²) in [5, 5.41) is 3.03. The number of primary amides is 2. The van der Waals surface area contributed by atoms with Gasteiger partial charge in [0, 0.05) is 10.9 Å². The molecule has 6 nitrogen and oxygen atoms in total. The highest BCUT2D eigenvalue weighted by atomic mass is 16.2. The molecule has 0 atom stereocenters. The first-order chi connectivity index (χ1) is 10.0. The summed E-state index contributed by atoms with van der Waals surface area (Å²) in [4.78, 5) is 25.5. The molecular weight excluding hydrogens is 268 g/mol. The van der Waals surface area contributed by atoms with E-state index in [1.165, 1.54) is 0 Å². The zero-order valence-corrected chi connectivity index (χ0v) is 11.8. The second-order valence-corrected chi connectivity index (χ2v) is 4.72. The summed E-state index contributed by atoms with van der Waals surface area (Å²) in [7, 11) is 0. The summed E-state index contributed by atoms with van der Waals surface area (Å²) in [6, 6.07) is 4.82. The molecule has 0 fully saturated rings. The highest BCUT2D eigenvalue weighted by Gasteiger charge is 2.17. The number of hydrogen-bond acceptors (Lipinski definition) is 2. The lowest BCUT2D eigenvalue weighted by Crippen LogP contribution is -2.22. The van der Waals surface area contributed by atoms with Gasteiger partial charge >= 0.3 is 6.03 Å². The van der Waals surface area contributed by atoms with E-state index in [0.717, 1.165) is 18.4 Å². The molecule has 0 bridgehead atoms. The summed E-state index contributed by atoms with van der Waals surface area (Å²) >= 11 is 0. The van der Waals surface area contributed by atoms with Crippen molar-refractivity contribution >= 4 is 34.7 Å². The number of nitrogens with one attached hydrogen (secondary N) is 2. The Morgan fingerprint density at radius 3 is 2.71 bits per heavy atom. The summed E-state index contributed by atoms with van der Waals surface area (Å²) in [5.41, 5.74) is 12.4. The van der Waals surface area contributed by atoms with Crippen molar-refractivity contribution in [1.29, 1.82) is 0 Å². The standard InChI is InChI=1S/C15H18N4O2/c1-2-3-4-5-9-6-7-10-11(8-9)18-14(19-15(17)21)12(10)13(16)20/h4-8,18H,2-3H2,1H3,(H2,16,20)(H3,17,19,21). The van der Waals surface area contributed by atoms with Crippen LogP contribution in [0.3, 0.4) is 0 Å². The van der Waals surface area contributed by atoms with Crippen molar-refractivity contribution in [2.75, 3.05) is 5.32 Å². The average molecular weight is 286 g/mol. The van der Waals surface area contributed by atoms with Gasteiger partial charge in [-0.15, -0.1) is 0 Å². The molecule has 0 unspecified atom stereocenters. The molecule has 0 saturated carbocycles. The number of urea groups is 1. The molecule has 0 radical (unpaired) electrons. The predicted octanol–water partition coefficient (Wildman–Crippen LogP) is 2.57. The van der Waals surface area contributed by atoms with Crippen molar-refractivity contribution in [3.05, 3.63) is 35.4 Å². The molecule has 6 N–H and O–H groups in total. The minimum atomic E-state index is -0.757. The van der Waals surface area contributed by atoms with E-state index in [-0.39, 0.29) is 11.4 Å². The molecule has 0 spiro atoms. The second-order valence-electron chi connectivity index (χ2n) is 4.72. The zero-order chi connectivity index (χ0) is 15.4. The molecule has 0 aliphatic rings. The number of aromatic amines is 1. The fourth-order valence-electron chi connectivity index (χ4n) is 2.18. The molecule has 0 aliphatic heterocycles. The number of amides is 3. The van der Waals surface area contributed by atoms with Crippen LogP contribution in [0.5, 0.6) is 0 Å². The fraction of sp³-hybridized carbons (Fsp3) is 0.200. The van der Waals surface area contributed by atoms with Gasteiger partial charge in [0.15, 0.2) is 0 Å². The normalized spacial score (nSPS) is 11.1. The summed E-state index contributed by atoms with van der Waals surface area (Å²) < 4.78 is 0. The van der Waals surface area contributed by atoms with Crippen LogP contribution < -0.4 is 16.8 Å². The van der Waals surface area contributed by atoms with Crippen LogP contribution in [0, 0.1) is 0 Å². The Bertz CT molecular complexity index is 716. The molecule has 110 valence electrons. The van der Waals surface area contributed by atoms with Crippen molar-refractivity contribution in [3.8, 4) is 0 Å². The van der Waals surface area contributed by atoms with Crippen molar-refractivity contribution in [1.82, 2.24) is 4.98 Å². The largest absolute Gasteiger partial charge is 0.365 e. The first-order valence-corrected chi connectivity index (χ1v) is 6.71. The Morgan fingerprint density at radius 2 is 2.10 bits per heavy atom. The van der Waals surface area contributed by atoms with Crippen molar-refractivity contribution in [3.63, 3.8) is 0 Å². The van der Waals surface area contributed by atoms with Gasteiger partial charge in [-0.05, 0) is 18.1 Å². The second kappa shape index (κ2) is 6.13. The molecule has 1 aromatic carbocycles. The number of carbonyl (C=O) groups excluding carboxylic acids is 2. The van der Waals surface area contributed by atoms with Crippen LogP contribution in [0.4, 0.5) is 10.6 Å². The van der Waals surface area contributed by atoms with E-state index in [4.69, 9.17) is 11.5 Å². The molecule has 2 rings (SSSR count). The van der Waals surface area contributed by atoms with Gasteiger partial charge < -0.3 is 16.5 Å². The quantitative estimate of drug-likeness (QED) is 0.676. The van der Waals surface area contributed by atoms with Gasteiger partial charge in [-0.25, -0.2) is 4.79 Å². The Hall–Kier alpha value is -2.76. The first-order valence-electron chi connectivity index (χ1n) is 6.71. The van der Waals surface area contributed by atoms with E-state index in [0.29, 0.717) is 10.9 Å². The SMILES string of the molecule is CCCC=Cc1ccc2c(C(N)=O)c(NC(N)=O)[nH]c2c1. The van der Waals surface area contributed by atoms with Crippen LogP contribution in [0.15, 0.2) is 24.3 Å². The molecule has 2 aromatic rings. The number of fused-ring (bicyclic) bond motifs is 1. The number of H-pyrrole nitrogens is 1. The third-order valence-electron chi connectivity index (χ3n) is 3.08. The van der Waals surface area contributed by atoms with Gasteiger partial charge in [0.2, 0.25) is 0 Å². The molecular formula is C15H18N4O2. The lowest BCUT2D eigenvalue weighted by atomic mass is 10.1. The summed E-state index contributed by atoms with van der Waals surface area (Å²) in [6.07, 6.45) is 6.18. The molecule has 3 amide bonds. The number of carbonyl (C=O) groups is 2. The maximum absolute atomic E-state index is 11.6. The van der Waals surface area contributed by atoms with Crippen LogP contribution in [0.25, 0.3) is 17.0 Å². The zero-order valence-electron chi connectivity index (χ0n) is 11.8. The molecule has 1 heterocycles. The topological polar surface area (TPSA) is 114 Å². The van der Waals surface area contributed by atoms with E-state index >= 15 is 0 Å². The highest BCUT2D eigenvalue weighted by Crippen LogP contribution is 2.27. The lowest BCUT2D eigenvalue weighted by molar-refractivity contribution is 0.100. The van der Waals surface area contributed by atoms with Crippen LogP contribution in [0.1, 0.15) is 35.7 Å². The van der Waals surface area contributed by atoms with Crippen molar-refractivity contribution in [2.45, 2.75) is 19.8 Å². The third-order valence-corrected chi connectivity index (χ3v) is 3.08. The van der Waals surface area contributed by atoms with E-state index < -0.39 is 11.9 Å². The van der Waals surface area contributed by atoms with Crippen LogP contribution in [-0.2, 0) is 0 Å². The molecule has 6 heteroatoms. The number of unbranched alkanes of at least 4 members (excludes halogenated alkanes) is 1. The van der Waals surface area contributed by atoms with E-state index in [1.54, 1.807) is 6.07 Å². The van der Waals surface area contributed by atoms with Crippen LogP contribution in [0.2, 0.25) is 0 Å². The van der Waals surface area contributed by atoms with E-state index in [2.05, 4.69) is 23.3 Å². The van der Waals surface area contributed by atoms with Crippen LogP contribution in [-0.4, -0.2) is 16.9 Å². The summed E-state index contributed by atoms with van der Waals surface area (Å²) in [5.74, 6) is -0.404. The maximum Gasteiger partial charge on any atom is 0.317 e.